The van der Waals surface area contributed by atoms with Crippen LogP contribution in [-0.4, -0.2) is 27.5 Å². The Bertz CT molecular complexity index is 366. The van der Waals surface area contributed by atoms with Gasteiger partial charge in [-0.2, -0.15) is 5.10 Å². The van der Waals surface area contributed by atoms with Crippen molar-refractivity contribution in [2.24, 2.45) is 12.5 Å². The predicted molar refractivity (Wildman–Crippen MR) is 74.4 cm³/mol. The van der Waals surface area contributed by atoms with Crippen molar-refractivity contribution in [1.29, 1.82) is 0 Å². The Hall–Kier alpha value is -0.870. The molecule has 0 fully saturated rings. The van der Waals surface area contributed by atoms with Gasteiger partial charge in [0, 0.05) is 31.4 Å². The van der Waals surface area contributed by atoms with Gasteiger partial charge >= 0.3 is 0 Å². The Kier molecular flexibility index (Phi) is 5.35. The van der Waals surface area contributed by atoms with Crippen molar-refractivity contribution in [1.82, 2.24) is 15.1 Å². The van der Waals surface area contributed by atoms with Gasteiger partial charge in [0.1, 0.15) is 0 Å². The monoisotopic (exact) mass is 253 g/mol. The Balaban J connectivity index is 2.56. The molecule has 1 aromatic rings. The van der Waals surface area contributed by atoms with Gasteiger partial charge in [-0.1, -0.05) is 27.7 Å². The maximum Gasteiger partial charge on any atom is 0.0666 e. The molecule has 2 N–H and O–H groups in total. The van der Waals surface area contributed by atoms with E-state index in [1.807, 2.05) is 11.7 Å². The molecule has 0 radical (unpaired) electrons. The third kappa shape index (κ3) is 4.78. The van der Waals surface area contributed by atoms with Crippen LogP contribution in [0.1, 0.15) is 45.4 Å². The number of aliphatic hydroxyl groups excluding tert-OH is 1. The lowest BCUT2D eigenvalue weighted by Crippen LogP contribution is -2.35. The van der Waals surface area contributed by atoms with Crippen LogP contribution >= 0.6 is 0 Å². The second-order valence-electron chi connectivity index (χ2n) is 6.15. The first-order valence-electron chi connectivity index (χ1n) is 6.71. The molecule has 0 amide bonds. The first kappa shape index (κ1) is 15.2. The Labute approximate surface area is 110 Å². The van der Waals surface area contributed by atoms with Gasteiger partial charge in [0.25, 0.3) is 0 Å². The molecular weight excluding hydrogens is 226 g/mol. The molecule has 0 saturated carbocycles. The fourth-order valence-corrected chi connectivity index (χ4v) is 2.22. The first-order chi connectivity index (χ1) is 8.35. The van der Waals surface area contributed by atoms with Gasteiger partial charge in [-0.25, -0.2) is 0 Å². The first-order valence-corrected chi connectivity index (χ1v) is 6.71. The van der Waals surface area contributed by atoms with Crippen LogP contribution in [0.15, 0.2) is 6.20 Å². The molecule has 0 aromatic carbocycles. The number of aryl methyl sites for hydroxylation is 2. The normalized spacial score (nSPS) is 13.9. The fourth-order valence-electron chi connectivity index (χ4n) is 2.22. The van der Waals surface area contributed by atoms with Crippen LogP contribution < -0.4 is 5.32 Å². The highest BCUT2D eigenvalue weighted by Gasteiger charge is 2.18. The molecule has 0 saturated heterocycles. The summed E-state index contributed by atoms with van der Waals surface area (Å²) in [7, 11) is 1.95. The number of nitrogens with one attached hydrogen (secondary N) is 1. The highest BCUT2D eigenvalue weighted by molar-refractivity contribution is 5.16. The predicted octanol–water partition coefficient (Wildman–Crippen LogP) is 1.87. The number of rotatable bonds is 6. The third-order valence-corrected chi connectivity index (χ3v) is 2.99. The molecule has 0 bridgehead atoms. The van der Waals surface area contributed by atoms with Crippen LogP contribution in [0.4, 0.5) is 0 Å². The van der Waals surface area contributed by atoms with Crippen LogP contribution in [-0.2, 0) is 20.0 Å². The molecular formula is C14H27N3O. The highest BCUT2D eigenvalue weighted by Crippen LogP contribution is 2.21. The SMILES string of the molecule is CCc1nn(C)cc1CNC(CO)CC(C)(C)C. The topological polar surface area (TPSA) is 50.1 Å². The van der Waals surface area contributed by atoms with Crippen molar-refractivity contribution in [3.8, 4) is 0 Å². The molecule has 18 heavy (non-hydrogen) atoms. The quantitative estimate of drug-likeness (QED) is 0.813. The van der Waals surface area contributed by atoms with E-state index in [9.17, 15) is 5.11 Å². The van der Waals surface area contributed by atoms with E-state index >= 15 is 0 Å². The molecule has 104 valence electrons. The van der Waals surface area contributed by atoms with E-state index in [1.165, 1.54) is 5.56 Å². The standard InChI is InChI=1S/C14H27N3O/c1-6-13-11(9-17(5)16-13)8-15-12(10-18)7-14(2,3)4/h9,12,15,18H,6-8,10H2,1-5H3. The Morgan fingerprint density at radius 2 is 2.11 bits per heavy atom. The van der Waals surface area contributed by atoms with Crippen LogP contribution in [0.2, 0.25) is 0 Å². The van der Waals surface area contributed by atoms with E-state index in [0.717, 1.165) is 25.1 Å². The number of hydrogen-bond acceptors (Lipinski definition) is 3. The molecule has 1 atom stereocenters. The zero-order valence-electron chi connectivity index (χ0n) is 12.3. The number of aromatic nitrogens is 2. The second-order valence-corrected chi connectivity index (χ2v) is 6.15. The number of nitrogens with zero attached hydrogens (tertiary/aromatic N) is 2. The van der Waals surface area contributed by atoms with Crippen LogP contribution in [0.3, 0.4) is 0 Å². The van der Waals surface area contributed by atoms with E-state index in [-0.39, 0.29) is 18.1 Å². The molecule has 0 aliphatic heterocycles. The molecule has 0 spiro atoms. The van der Waals surface area contributed by atoms with Crippen LogP contribution in [0.25, 0.3) is 0 Å². The molecule has 4 heteroatoms. The summed E-state index contributed by atoms with van der Waals surface area (Å²) in [5.74, 6) is 0. The zero-order valence-corrected chi connectivity index (χ0v) is 12.3. The average Bonchev–Trinajstić information content (AvgIpc) is 2.63. The highest BCUT2D eigenvalue weighted by atomic mass is 16.3. The van der Waals surface area contributed by atoms with Crippen LogP contribution in [0, 0.1) is 5.41 Å². The van der Waals surface area contributed by atoms with Crippen molar-refractivity contribution in [3.63, 3.8) is 0 Å². The lowest BCUT2D eigenvalue weighted by molar-refractivity contribution is 0.198. The largest absolute Gasteiger partial charge is 0.395 e. The van der Waals surface area contributed by atoms with Crippen molar-refractivity contribution in [2.75, 3.05) is 6.61 Å². The zero-order chi connectivity index (χ0) is 13.8. The summed E-state index contributed by atoms with van der Waals surface area (Å²) in [5.41, 5.74) is 2.59. The molecule has 0 aliphatic rings. The van der Waals surface area contributed by atoms with Gasteiger partial charge in [0.15, 0.2) is 0 Å². The van der Waals surface area contributed by atoms with Crippen LogP contribution in [0.5, 0.6) is 0 Å². The summed E-state index contributed by atoms with van der Waals surface area (Å²) in [4.78, 5) is 0. The van der Waals surface area contributed by atoms with Gasteiger partial charge in [0.2, 0.25) is 0 Å². The fraction of sp³-hybridized carbons (Fsp3) is 0.786. The minimum absolute atomic E-state index is 0.148. The van der Waals surface area contributed by atoms with Gasteiger partial charge in [-0.3, -0.25) is 4.68 Å². The summed E-state index contributed by atoms with van der Waals surface area (Å²) in [6.45, 7) is 9.65. The van der Waals surface area contributed by atoms with E-state index < -0.39 is 0 Å². The van der Waals surface area contributed by atoms with Gasteiger partial charge in [-0.05, 0) is 18.3 Å². The van der Waals surface area contributed by atoms with Crippen molar-refractivity contribution < 1.29 is 5.11 Å². The summed E-state index contributed by atoms with van der Waals surface area (Å²) < 4.78 is 1.85. The summed E-state index contributed by atoms with van der Waals surface area (Å²) in [5, 5.41) is 17.3. The van der Waals surface area contributed by atoms with Gasteiger partial charge < -0.3 is 10.4 Å². The smallest absolute Gasteiger partial charge is 0.0666 e. The molecule has 1 aromatic heterocycles. The van der Waals surface area contributed by atoms with Crippen molar-refractivity contribution >= 4 is 0 Å². The van der Waals surface area contributed by atoms with E-state index in [2.05, 4.69) is 44.3 Å². The number of hydrogen-bond donors (Lipinski definition) is 2. The minimum atomic E-state index is 0.148. The third-order valence-electron chi connectivity index (χ3n) is 2.99. The lowest BCUT2D eigenvalue weighted by atomic mass is 9.88. The Morgan fingerprint density at radius 1 is 1.44 bits per heavy atom. The summed E-state index contributed by atoms with van der Waals surface area (Å²) in [6, 6.07) is 0.148. The van der Waals surface area contributed by atoms with Gasteiger partial charge in [-0.15, -0.1) is 0 Å². The maximum absolute atomic E-state index is 9.42. The van der Waals surface area contributed by atoms with Crippen molar-refractivity contribution in [2.45, 2.75) is 53.1 Å². The maximum atomic E-state index is 9.42. The van der Waals surface area contributed by atoms with Gasteiger partial charge in [0.05, 0.1) is 12.3 Å². The van der Waals surface area contributed by atoms with Crippen molar-refractivity contribution in [3.05, 3.63) is 17.5 Å². The average molecular weight is 253 g/mol. The molecule has 1 rings (SSSR count). The summed E-state index contributed by atoms with van der Waals surface area (Å²) >= 11 is 0. The van der Waals surface area contributed by atoms with E-state index in [4.69, 9.17) is 0 Å². The summed E-state index contributed by atoms with van der Waals surface area (Å²) in [6.07, 6.45) is 3.96. The molecule has 4 nitrogen and oxygen atoms in total. The number of aliphatic hydroxyl groups is 1. The second kappa shape index (κ2) is 6.34. The molecule has 1 heterocycles. The molecule has 1 unspecified atom stereocenters. The van der Waals surface area contributed by atoms with E-state index in [0.29, 0.717) is 0 Å². The molecule has 0 aliphatic carbocycles. The lowest BCUT2D eigenvalue weighted by Gasteiger charge is -2.25. The van der Waals surface area contributed by atoms with E-state index in [1.54, 1.807) is 0 Å². The Morgan fingerprint density at radius 3 is 2.61 bits per heavy atom. The minimum Gasteiger partial charge on any atom is -0.395 e.